The summed E-state index contributed by atoms with van der Waals surface area (Å²) in [5.41, 5.74) is 3.40. The number of amides is 1. The number of nitrogens with one attached hydrogen (secondary N) is 1. The molecule has 1 aromatic carbocycles. The Kier molecular flexibility index (Phi) is 4.31. The standard InChI is InChI=1S/C17H14N4OS/c1-12-6-7-21-10-14(19-16(21)8-12)9-17(22)20-13-2-4-15(5-3-13)23-11-18/h2-8,10H,9H2,1H3,(H,20,22). The molecule has 0 bridgehead atoms. The van der Waals surface area contributed by atoms with E-state index < -0.39 is 0 Å². The molecule has 3 aromatic rings. The van der Waals surface area contributed by atoms with Gasteiger partial charge in [-0.15, -0.1) is 0 Å². The second kappa shape index (κ2) is 6.55. The number of pyridine rings is 1. The largest absolute Gasteiger partial charge is 0.326 e. The van der Waals surface area contributed by atoms with Crippen molar-refractivity contribution in [3.05, 3.63) is 60.0 Å². The second-order valence-corrected chi connectivity index (χ2v) is 6.00. The molecule has 2 heterocycles. The van der Waals surface area contributed by atoms with Gasteiger partial charge in [0.05, 0.1) is 12.1 Å². The number of carbonyl (C=O) groups excluding carboxylic acids is 1. The summed E-state index contributed by atoms with van der Waals surface area (Å²) in [5.74, 6) is -0.120. The van der Waals surface area contributed by atoms with E-state index >= 15 is 0 Å². The normalized spacial score (nSPS) is 10.4. The quantitative estimate of drug-likeness (QED) is 0.590. The maximum absolute atomic E-state index is 12.1. The number of imidazole rings is 1. The Morgan fingerprint density at radius 2 is 2.13 bits per heavy atom. The third kappa shape index (κ3) is 3.71. The number of nitrogens with zero attached hydrogens (tertiary/aromatic N) is 3. The average molecular weight is 322 g/mol. The molecule has 5 nitrogen and oxygen atoms in total. The molecule has 0 radical (unpaired) electrons. The number of hydrogen-bond donors (Lipinski definition) is 1. The van der Waals surface area contributed by atoms with Crippen molar-refractivity contribution < 1.29 is 4.79 Å². The summed E-state index contributed by atoms with van der Waals surface area (Å²) in [4.78, 5) is 17.4. The van der Waals surface area contributed by atoms with Crippen molar-refractivity contribution in [2.75, 3.05) is 5.32 Å². The maximum Gasteiger partial charge on any atom is 0.230 e. The van der Waals surface area contributed by atoms with Crippen molar-refractivity contribution in [2.45, 2.75) is 18.2 Å². The molecule has 0 fully saturated rings. The number of aryl methyl sites for hydroxylation is 1. The summed E-state index contributed by atoms with van der Waals surface area (Å²) in [6.07, 6.45) is 4.01. The maximum atomic E-state index is 12.1. The van der Waals surface area contributed by atoms with Gasteiger partial charge in [0.2, 0.25) is 5.91 Å². The summed E-state index contributed by atoms with van der Waals surface area (Å²) in [5, 5.41) is 13.5. The number of carbonyl (C=O) groups is 1. The highest BCUT2D eigenvalue weighted by Crippen LogP contribution is 2.19. The van der Waals surface area contributed by atoms with Crippen molar-refractivity contribution >= 4 is 29.0 Å². The van der Waals surface area contributed by atoms with E-state index in [1.54, 1.807) is 24.3 Å². The Labute approximate surface area is 138 Å². The number of thiocyanates is 1. The van der Waals surface area contributed by atoms with E-state index in [-0.39, 0.29) is 12.3 Å². The Hall–Kier alpha value is -2.78. The predicted molar refractivity (Wildman–Crippen MR) is 90.2 cm³/mol. The number of benzene rings is 1. The fourth-order valence-electron chi connectivity index (χ4n) is 2.25. The summed E-state index contributed by atoms with van der Waals surface area (Å²) >= 11 is 1.09. The van der Waals surface area contributed by atoms with Crippen LogP contribution in [0.4, 0.5) is 5.69 Å². The lowest BCUT2D eigenvalue weighted by Crippen LogP contribution is -2.14. The SMILES string of the molecule is Cc1ccn2cc(CC(=O)Nc3ccc(SC#N)cc3)nc2c1. The lowest BCUT2D eigenvalue weighted by molar-refractivity contribution is -0.115. The summed E-state index contributed by atoms with van der Waals surface area (Å²) in [7, 11) is 0. The molecule has 0 saturated heterocycles. The summed E-state index contributed by atoms with van der Waals surface area (Å²) in [6, 6.07) is 11.1. The van der Waals surface area contributed by atoms with Crippen molar-refractivity contribution in [2.24, 2.45) is 0 Å². The van der Waals surface area contributed by atoms with Gasteiger partial charge < -0.3 is 9.72 Å². The molecule has 6 heteroatoms. The lowest BCUT2D eigenvalue weighted by Gasteiger charge is -2.04. The Morgan fingerprint density at radius 3 is 2.87 bits per heavy atom. The van der Waals surface area contributed by atoms with Crippen LogP contribution in [0.1, 0.15) is 11.3 Å². The minimum Gasteiger partial charge on any atom is -0.326 e. The van der Waals surface area contributed by atoms with Gasteiger partial charge in [-0.25, -0.2) is 4.98 Å². The zero-order chi connectivity index (χ0) is 16.2. The van der Waals surface area contributed by atoms with Crippen LogP contribution in [0.5, 0.6) is 0 Å². The van der Waals surface area contributed by atoms with Gasteiger partial charge in [0, 0.05) is 23.0 Å². The zero-order valence-corrected chi connectivity index (χ0v) is 13.3. The van der Waals surface area contributed by atoms with Crippen LogP contribution in [0.2, 0.25) is 0 Å². The van der Waals surface area contributed by atoms with Gasteiger partial charge in [0.15, 0.2) is 0 Å². The van der Waals surface area contributed by atoms with Crippen LogP contribution in [0, 0.1) is 17.6 Å². The highest BCUT2D eigenvalue weighted by atomic mass is 32.2. The number of aromatic nitrogens is 2. The summed E-state index contributed by atoms with van der Waals surface area (Å²) < 4.78 is 1.91. The molecule has 0 atom stereocenters. The van der Waals surface area contributed by atoms with E-state index in [1.165, 1.54) is 0 Å². The monoisotopic (exact) mass is 322 g/mol. The van der Waals surface area contributed by atoms with Gasteiger partial charge in [-0.1, -0.05) is 0 Å². The van der Waals surface area contributed by atoms with Crippen LogP contribution in [0.3, 0.4) is 0 Å². The molecular formula is C17H14N4OS. The number of hydrogen-bond acceptors (Lipinski definition) is 4. The van der Waals surface area contributed by atoms with Crippen LogP contribution in [-0.2, 0) is 11.2 Å². The molecule has 0 aliphatic heterocycles. The van der Waals surface area contributed by atoms with Crippen LogP contribution < -0.4 is 5.32 Å². The average Bonchev–Trinajstić information content (AvgIpc) is 2.90. The molecule has 0 aliphatic rings. The van der Waals surface area contributed by atoms with Crippen LogP contribution in [0.15, 0.2) is 53.7 Å². The van der Waals surface area contributed by atoms with Crippen LogP contribution in [-0.4, -0.2) is 15.3 Å². The van der Waals surface area contributed by atoms with E-state index in [9.17, 15) is 4.79 Å². The number of rotatable bonds is 4. The minimum absolute atomic E-state index is 0.120. The number of anilines is 1. The highest BCUT2D eigenvalue weighted by molar-refractivity contribution is 8.03. The second-order valence-electron chi connectivity index (χ2n) is 5.14. The molecule has 0 aliphatic carbocycles. The first-order valence-electron chi connectivity index (χ1n) is 7.04. The molecule has 1 N–H and O–H groups in total. The number of nitriles is 1. The summed E-state index contributed by atoms with van der Waals surface area (Å²) in [6.45, 7) is 2.01. The molecule has 2 aromatic heterocycles. The smallest absolute Gasteiger partial charge is 0.230 e. The predicted octanol–water partition coefficient (Wildman–Crippen LogP) is 3.40. The first-order chi connectivity index (χ1) is 11.1. The van der Waals surface area contributed by atoms with Crippen molar-refractivity contribution in [3.8, 4) is 5.40 Å². The van der Waals surface area contributed by atoms with E-state index in [0.29, 0.717) is 5.69 Å². The van der Waals surface area contributed by atoms with Gasteiger partial charge >= 0.3 is 0 Å². The van der Waals surface area contributed by atoms with E-state index in [1.807, 2.05) is 41.3 Å². The third-order valence-electron chi connectivity index (χ3n) is 3.31. The van der Waals surface area contributed by atoms with Crippen LogP contribution >= 0.6 is 11.8 Å². The Bertz CT molecular complexity index is 893. The Morgan fingerprint density at radius 1 is 1.35 bits per heavy atom. The van der Waals surface area contributed by atoms with E-state index in [4.69, 9.17) is 5.26 Å². The molecule has 0 saturated carbocycles. The van der Waals surface area contributed by atoms with Crippen molar-refractivity contribution in [1.29, 1.82) is 5.26 Å². The molecule has 23 heavy (non-hydrogen) atoms. The molecular weight excluding hydrogens is 308 g/mol. The molecule has 0 spiro atoms. The van der Waals surface area contributed by atoms with Gasteiger partial charge in [-0.05, 0) is 60.6 Å². The van der Waals surface area contributed by atoms with Crippen LogP contribution in [0.25, 0.3) is 5.65 Å². The van der Waals surface area contributed by atoms with Gasteiger partial charge in [0.1, 0.15) is 11.0 Å². The molecule has 114 valence electrons. The zero-order valence-electron chi connectivity index (χ0n) is 12.5. The first kappa shape index (κ1) is 15.1. The molecule has 3 rings (SSSR count). The topological polar surface area (TPSA) is 70.2 Å². The Balaban J connectivity index is 1.67. The minimum atomic E-state index is -0.120. The third-order valence-corrected chi connectivity index (χ3v) is 3.91. The van der Waals surface area contributed by atoms with Gasteiger partial charge in [-0.3, -0.25) is 4.79 Å². The van der Waals surface area contributed by atoms with Gasteiger partial charge in [-0.2, -0.15) is 5.26 Å². The van der Waals surface area contributed by atoms with E-state index in [2.05, 4.69) is 10.3 Å². The highest BCUT2D eigenvalue weighted by Gasteiger charge is 2.08. The van der Waals surface area contributed by atoms with Gasteiger partial charge in [0.25, 0.3) is 0 Å². The van der Waals surface area contributed by atoms with E-state index in [0.717, 1.165) is 33.6 Å². The first-order valence-corrected chi connectivity index (χ1v) is 7.86. The number of thioether (sulfide) groups is 1. The fraction of sp³-hybridized carbons (Fsp3) is 0.118. The molecule has 1 amide bonds. The van der Waals surface area contributed by atoms with Crippen molar-refractivity contribution in [1.82, 2.24) is 9.38 Å². The number of fused-ring (bicyclic) bond motifs is 1. The molecule has 0 unspecified atom stereocenters. The lowest BCUT2D eigenvalue weighted by atomic mass is 10.3. The van der Waals surface area contributed by atoms with Crippen molar-refractivity contribution in [3.63, 3.8) is 0 Å². The fourth-order valence-corrected chi connectivity index (χ4v) is 2.63.